The number of piperidine rings is 1. The molecule has 2 heterocycles. The zero-order chi connectivity index (χ0) is 18.6. The Hall–Kier alpha value is -2.47. The Kier molecular flexibility index (Phi) is 3.77. The topological polar surface area (TPSA) is 63.7 Å². The minimum atomic E-state index is -1.04. The maximum absolute atomic E-state index is 13.3. The van der Waals surface area contributed by atoms with Gasteiger partial charge in [-0.1, -0.05) is 48.0 Å². The second-order valence-corrected chi connectivity index (χ2v) is 8.01. The van der Waals surface area contributed by atoms with Gasteiger partial charge in [-0.25, -0.2) is 4.90 Å². The van der Waals surface area contributed by atoms with Crippen LogP contribution in [0, 0.1) is 11.3 Å². The van der Waals surface area contributed by atoms with Crippen LogP contribution < -0.4 is 9.64 Å². The van der Waals surface area contributed by atoms with Crippen molar-refractivity contribution in [3.8, 4) is 5.75 Å². The van der Waals surface area contributed by atoms with Gasteiger partial charge in [0.25, 0.3) is 0 Å². The normalized spacial score (nSPS) is 24.0. The smallest absolute Gasteiger partial charge is 0.324 e. The summed E-state index contributed by atoms with van der Waals surface area (Å²) in [6.45, 7) is 3.56. The lowest BCUT2D eigenvalue weighted by Gasteiger charge is -2.47. The predicted molar refractivity (Wildman–Crippen MR) is 98.7 cm³/mol. The average molecular weight is 414 g/mol. The summed E-state index contributed by atoms with van der Waals surface area (Å²) in [4.78, 5) is 40.2. The Morgan fingerprint density at radius 1 is 1.00 bits per heavy atom. The number of carbonyl (C=O) groups is 3. The van der Waals surface area contributed by atoms with Gasteiger partial charge in [-0.05, 0) is 30.3 Å². The molecule has 2 aliphatic heterocycles. The minimum absolute atomic E-state index is 0.324. The van der Waals surface area contributed by atoms with Gasteiger partial charge < -0.3 is 4.74 Å². The number of benzene rings is 2. The van der Waals surface area contributed by atoms with Gasteiger partial charge in [-0.2, -0.15) is 0 Å². The van der Waals surface area contributed by atoms with Crippen LogP contribution in [0.5, 0.6) is 5.75 Å². The molecule has 0 saturated carbocycles. The van der Waals surface area contributed by atoms with Crippen molar-refractivity contribution in [1.29, 1.82) is 0 Å². The second-order valence-electron chi connectivity index (χ2n) is 7.09. The SMILES string of the molecule is CC1(C)C(=O)N(c2ccc(Br)cc2)C(=O)[C@H]2C(=O)Oc3ccccc3[C@H]21. The van der Waals surface area contributed by atoms with E-state index in [-0.39, 0.29) is 5.91 Å². The number of ether oxygens (including phenoxy) is 1. The van der Waals surface area contributed by atoms with Crippen LogP contribution >= 0.6 is 15.9 Å². The molecular weight excluding hydrogens is 398 g/mol. The summed E-state index contributed by atoms with van der Waals surface area (Å²) in [6, 6.07) is 14.0. The molecule has 2 aromatic carbocycles. The first-order chi connectivity index (χ1) is 12.3. The molecule has 0 unspecified atom stereocenters. The third kappa shape index (κ3) is 2.32. The molecule has 0 spiro atoms. The van der Waals surface area contributed by atoms with Crippen molar-refractivity contribution in [1.82, 2.24) is 0 Å². The number of esters is 1. The molecule has 0 radical (unpaired) electrons. The molecule has 2 aliphatic rings. The summed E-state index contributed by atoms with van der Waals surface area (Å²) < 4.78 is 6.23. The quantitative estimate of drug-likeness (QED) is 0.309. The van der Waals surface area contributed by atoms with E-state index in [2.05, 4.69) is 15.9 Å². The van der Waals surface area contributed by atoms with E-state index in [0.717, 1.165) is 14.9 Å². The van der Waals surface area contributed by atoms with Crippen LogP contribution in [0.2, 0.25) is 0 Å². The number of carbonyl (C=O) groups excluding carboxylic acids is 3. The largest absolute Gasteiger partial charge is 0.426 e. The molecule has 2 amide bonds. The van der Waals surface area contributed by atoms with Gasteiger partial charge in [0.05, 0.1) is 11.1 Å². The lowest BCUT2D eigenvalue weighted by Crippen LogP contribution is -2.61. The molecule has 2 aromatic rings. The first-order valence-corrected chi connectivity index (χ1v) is 9.06. The lowest BCUT2D eigenvalue weighted by molar-refractivity contribution is -0.154. The van der Waals surface area contributed by atoms with Gasteiger partial charge in [0.2, 0.25) is 11.8 Å². The summed E-state index contributed by atoms with van der Waals surface area (Å²) in [5.41, 5.74) is 0.224. The van der Waals surface area contributed by atoms with Crippen LogP contribution in [0.3, 0.4) is 0 Å². The Morgan fingerprint density at radius 2 is 1.65 bits per heavy atom. The van der Waals surface area contributed by atoms with E-state index in [1.807, 2.05) is 12.1 Å². The first kappa shape index (κ1) is 17.0. The molecule has 0 aliphatic carbocycles. The van der Waals surface area contributed by atoms with Gasteiger partial charge in [0.1, 0.15) is 11.7 Å². The van der Waals surface area contributed by atoms with Gasteiger partial charge in [0, 0.05) is 16.0 Å². The highest BCUT2D eigenvalue weighted by molar-refractivity contribution is 9.10. The number of halogens is 1. The summed E-state index contributed by atoms with van der Waals surface area (Å²) in [6.07, 6.45) is 0. The fourth-order valence-corrected chi connectivity index (χ4v) is 4.13. The number of fused-ring (bicyclic) bond motifs is 3. The summed E-state index contributed by atoms with van der Waals surface area (Å²) in [5.74, 6) is -2.64. The molecule has 1 fully saturated rings. The van der Waals surface area contributed by atoms with Crippen molar-refractivity contribution in [2.45, 2.75) is 19.8 Å². The summed E-state index contributed by atoms with van der Waals surface area (Å²) in [7, 11) is 0. The van der Waals surface area contributed by atoms with Crippen molar-refractivity contribution in [2.24, 2.45) is 11.3 Å². The molecule has 6 heteroatoms. The van der Waals surface area contributed by atoms with Crippen molar-refractivity contribution in [3.05, 3.63) is 58.6 Å². The fourth-order valence-electron chi connectivity index (χ4n) is 3.86. The van der Waals surface area contributed by atoms with E-state index in [4.69, 9.17) is 4.74 Å². The van der Waals surface area contributed by atoms with E-state index >= 15 is 0 Å². The zero-order valence-electron chi connectivity index (χ0n) is 14.2. The monoisotopic (exact) mass is 413 g/mol. The molecule has 26 heavy (non-hydrogen) atoms. The number of hydrogen-bond donors (Lipinski definition) is 0. The van der Waals surface area contributed by atoms with E-state index < -0.39 is 29.1 Å². The fraction of sp³-hybridized carbons (Fsp3) is 0.250. The van der Waals surface area contributed by atoms with Crippen LogP contribution in [0.4, 0.5) is 5.69 Å². The third-order valence-electron chi connectivity index (χ3n) is 5.15. The number of rotatable bonds is 1. The molecule has 0 aromatic heterocycles. The molecule has 132 valence electrons. The number of nitrogens with zero attached hydrogens (tertiary/aromatic N) is 1. The molecule has 2 atom stereocenters. The molecule has 0 N–H and O–H groups in total. The molecular formula is C20H16BrNO4. The predicted octanol–water partition coefficient (Wildman–Crippen LogP) is 3.67. The minimum Gasteiger partial charge on any atom is -0.426 e. The maximum Gasteiger partial charge on any atom is 0.324 e. The van der Waals surface area contributed by atoms with E-state index in [0.29, 0.717) is 11.4 Å². The Labute approximate surface area is 159 Å². The van der Waals surface area contributed by atoms with Crippen LogP contribution in [0.15, 0.2) is 53.0 Å². The van der Waals surface area contributed by atoms with Crippen molar-refractivity contribution < 1.29 is 19.1 Å². The van der Waals surface area contributed by atoms with Gasteiger partial charge >= 0.3 is 5.97 Å². The van der Waals surface area contributed by atoms with Crippen LogP contribution in [0.1, 0.15) is 25.3 Å². The number of para-hydroxylation sites is 1. The van der Waals surface area contributed by atoms with Crippen molar-refractivity contribution in [3.63, 3.8) is 0 Å². The average Bonchev–Trinajstić information content (AvgIpc) is 2.61. The zero-order valence-corrected chi connectivity index (χ0v) is 15.8. The van der Waals surface area contributed by atoms with Gasteiger partial charge in [-0.3, -0.25) is 14.4 Å². The van der Waals surface area contributed by atoms with E-state index in [1.54, 1.807) is 50.2 Å². The van der Waals surface area contributed by atoms with Gasteiger partial charge in [0.15, 0.2) is 0 Å². The Morgan fingerprint density at radius 3 is 2.35 bits per heavy atom. The standard InChI is InChI=1S/C20H16BrNO4/c1-20(2)16-13-5-3-4-6-14(13)26-18(24)15(16)17(23)22(19(20)25)12-9-7-11(21)8-10-12/h3-10,15-16H,1-2H3/t15-,16+/m0/s1. The summed E-state index contributed by atoms with van der Waals surface area (Å²) in [5, 5.41) is 0. The lowest BCUT2D eigenvalue weighted by atomic mass is 9.63. The van der Waals surface area contributed by atoms with Crippen molar-refractivity contribution >= 4 is 39.4 Å². The molecule has 0 bridgehead atoms. The number of amides is 2. The highest BCUT2D eigenvalue weighted by atomic mass is 79.9. The molecule has 5 nitrogen and oxygen atoms in total. The third-order valence-corrected chi connectivity index (χ3v) is 5.68. The molecule has 4 rings (SSSR count). The van der Waals surface area contributed by atoms with Crippen molar-refractivity contribution in [2.75, 3.05) is 4.90 Å². The highest BCUT2D eigenvalue weighted by Gasteiger charge is 2.59. The van der Waals surface area contributed by atoms with Crippen LogP contribution in [-0.2, 0) is 14.4 Å². The maximum atomic E-state index is 13.3. The number of imide groups is 1. The van der Waals surface area contributed by atoms with E-state index in [9.17, 15) is 14.4 Å². The van der Waals surface area contributed by atoms with Crippen LogP contribution in [-0.4, -0.2) is 17.8 Å². The van der Waals surface area contributed by atoms with Crippen LogP contribution in [0.25, 0.3) is 0 Å². The highest BCUT2D eigenvalue weighted by Crippen LogP contribution is 2.52. The summed E-state index contributed by atoms with van der Waals surface area (Å²) >= 11 is 3.34. The van der Waals surface area contributed by atoms with Gasteiger partial charge in [-0.15, -0.1) is 0 Å². The Balaban J connectivity index is 1.87. The number of hydrogen-bond acceptors (Lipinski definition) is 4. The molecule has 1 saturated heterocycles. The Bertz CT molecular complexity index is 935. The first-order valence-electron chi connectivity index (χ1n) is 8.27. The second kappa shape index (κ2) is 5.77. The number of anilines is 1. The van der Waals surface area contributed by atoms with E-state index in [1.165, 1.54) is 0 Å².